The van der Waals surface area contributed by atoms with Crippen LogP contribution in [-0.2, 0) is 21.1 Å². The van der Waals surface area contributed by atoms with Gasteiger partial charge in [0.25, 0.3) is 0 Å². The average Bonchev–Trinajstić information content (AvgIpc) is 2.03. The van der Waals surface area contributed by atoms with Gasteiger partial charge in [-0.05, 0) is 0 Å². The molecule has 0 fully saturated rings. The molecule has 9 heavy (non-hydrogen) atoms. The monoisotopic (exact) mass is 323 g/mol. The second-order valence-electron chi connectivity index (χ2n) is 0. The van der Waals surface area contributed by atoms with Crippen molar-refractivity contribution in [1.82, 2.24) is 0 Å². The van der Waals surface area contributed by atoms with Crippen LogP contribution in [0.4, 0.5) is 0 Å². The fourth-order valence-corrected chi connectivity index (χ4v) is 0. The quantitative estimate of drug-likeness (QED) is 0.359. The van der Waals surface area contributed by atoms with E-state index in [1.54, 1.807) is 0 Å². The Hall–Kier alpha value is 0.368. The second kappa shape index (κ2) is 3350. The van der Waals surface area contributed by atoms with Crippen LogP contribution in [0.3, 0.4) is 0 Å². The molecule has 0 spiro atoms. The molecular formula is H8N4O4Pt. The van der Waals surface area contributed by atoms with Gasteiger partial charge in [0.05, 0.1) is 0 Å². The summed E-state index contributed by atoms with van der Waals surface area (Å²) in [6.45, 7) is 0. The molecule has 0 aromatic rings. The molecule has 0 aliphatic rings. The molecular weight excluding hydrogens is 315 g/mol. The van der Waals surface area contributed by atoms with Crippen LogP contribution in [0.2, 0.25) is 0 Å². The van der Waals surface area contributed by atoms with Crippen molar-refractivity contribution >= 4 is 0 Å². The van der Waals surface area contributed by atoms with E-state index in [-0.39, 0.29) is 21.1 Å². The maximum absolute atomic E-state index is 7.75. The van der Waals surface area contributed by atoms with Crippen LogP contribution < -0.4 is 23.6 Å². The topological polar surface area (TPSA) is 196 Å². The van der Waals surface area contributed by atoms with Gasteiger partial charge in [0.15, 0.2) is 0 Å². The summed E-state index contributed by atoms with van der Waals surface area (Å²) in [4.78, 5) is 0. The van der Waals surface area contributed by atoms with Crippen LogP contribution in [0.25, 0.3) is 0 Å². The van der Waals surface area contributed by atoms with Gasteiger partial charge in [-0.15, -0.1) is 0 Å². The molecule has 0 bridgehead atoms. The third-order valence-electron chi connectivity index (χ3n) is 0. The van der Waals surface area contributed by atoms with Crippen molar-refractivity contribution in [2.45, 2.75) is 0 Å². The summed E-state index contributed by atoms with van der Waals surface area (Å²) in [5.74, 6) is 13.0. The van der Waals surface area contributed by atoms with Gasteiger partial charge >= 0.3 is 21.1 Å². The molecule has 0 amide bonds. The molecule has 0 unspecified atom stereocenters. The molecule has 9 heteroatoms. The zero-order valence-corrected chi connectivity index (χ0v) is 6.53. The molecule has 0 radical (unpaired) electrons. The summed E-state index contributed by atoms with van der Waals surface area (Å²) < 4.78 is 0. The summed E-state index contributed by atoms with van der Waals surface area (Å²) in [6, 6.07) is 0. The first-order valence-corrected chi connectivity index (χ1v) is 0.943. The van der Waals surface area contributed by atoms with E-state index >= 15 is 0 Å². The standard InChI is InChI=1S/4H2NO.Pt/c4*1-2;/h4*1H2;/q4*-1;+4. The van der Waals surface area contributed by atoms with E-state index in [1.807, 2.05) is 0 Å². The van der Waals surface area contributed by atoms with Gasteiger partial charge in [-0.25, -0.2) is 0 Å². The van der Waals surface area contributed by atoms with Crippen LogP contribution in [0.5, 0.6) is 0 Å². The van der Waals surface area contributed by atoms with Gasteiger partial charge in [-0.2, -0.15) is 0 Å². The van der Waals surface area contributed by atoms with Crippen LogP contribution in [0, 0.1) is 20.8 Å². The molecule has 0 atom stereocenters. The van der Waals surface area contributed by atoms with Crippen molar-refractivity contribution in [2.24, 2.45) is 23.6 Å². The Kier molecular flexibility index (Phi) is 12800. The predicted molar refractivity (Wildman–Crippen MR) is 30.2 cm³/mol. The summed E-state index contributed by atoms with van der Waals surface area (Å²) in [6.07, 6.45) is 0. The maximum Gasteiger partial charge on any atom is 4.00 e. The first-order valence-electron chi connectivity index (χ1n) is 0.943. The Bertz CT molecular complexity index is 12.5. The largest absolute Gasteiger partial charge is 4.00 e. The van der Waals surface area contributed by atoms with Crippen molar-refractivity contribution in [1.29, 1.82) is 0 Å². The van der Waals surface area contributed by atoms with Gasteiger partial charge in [0.2, 0.25) is 0 Å². The van der Waals surface area contributed by atoms with Crippen molar-refractivity contribution in [3.8, 4) is 0 Å². The predicted octanol–water partition coefficient (Wildman–Crippen LogP) is -2.23. The fraction of sp³-hybridized carbons (Fsp3) is 0. The molecule has 0 aromatic heterocycles. The number of hydrogen-bond acceptors (Lipinski definition) is 8. The summed E-state index contributed by atoms with van der Waals surface area (Å²) in [5.41, 5.74) is 0. The molecule has 0 heterocycles. The van der Waals surface area contributed by atoms with Gasteiger partial charge in [0.1, 0.15) is 0 Å². The molecule has 0 saturated heterocycles. The number of nitrogens with two attached hydrogens (primary N) is 4. The minimum absolute atomic E-state index is 0. The Morgan fingerprint density at radius 3 is 0.444 bits per heavy atom. The Morgan fingerprint density at radius 1 is 0.444 bits per heavy atom. The third kappa shape index (κ3) is 2500. The van der Waals surface area contributed by atoms with E-state index < -0.39 is 0 Å². The number of hydrogen-bond donors (Lipinski definition) is 4. The average molecular weight is 323 g/mol. The molecule has 0 rings (SSSR count). The minimum atomic E-state index is 0. The van der Waals surface area contributed by atoms with Gasteiger partial charge in [-0.1, -0.05) is 0 Å². The van der Waals surface area contributed by atoms with Crippen LogP contribution in [0.15, 0.2) is 0 Å². The second-order valence-corrected chi connectivity index (χ2v) is 0. The molecule has 0 aromatic carbocycles. The molecule has 0 aliphatic carbocycles. The van der Waals surface area contributed by atoms with Gasteiger partial charge < -0.3 is 44.4 Å². The van der Waals surface area contributed by atoms with E-state index in [0.29, 0.717) is 0 Å². The Balaban J connectivity index is -0.00000000762. The van der Waals surface area contributed by atoms with E-state index in [2.05, 4.69) is 23.6 Å². The summed E-state index contributed by atoms with van der Waals surface area (Å²) in [7, 11) is 0. The summed E-state index contributed by atoms with van der Waals surface area (Å²) in [5, 5.41) is 31.0. The first-order chi connectivity index (χ1) is 4.00. The maximum atomic E-state index is 7.75. The first kappa shape index (κ1) is 34.4. The summed E-state index contributed by atoms with van der Waals surface area (Å²) >= 11 is 0. The third-order valence-corrected chi connectivity index (χ3v) is 0. The van der Waals surface area contributed by atoms with E-state index in [4.69, 9.17) is 20.8 Å². The SMILES string of the molecule is N[O-].N[O-].N[O-].N[O-].[Pt+4]. The van der Waals surface area contributed by atoms with Crippen LogP contribution in [0.1, 0.15) is 0 Å². The molecule has 0 aliphatic heterocycles. The smallest absolute Gasteiger partial charge is 0.790 e. The molecule has 8 nitrogen and oxygen atoms in total. The van der Waals surface area contributed by atoms with Crippen molar-refractivity contribution < 1.29 is 21.1 Å². The minimum Gasteiger partial charge on any atom is -0.790 e. The zero-order valence-electron chi connectivity index (χ0n) is 4.26. The van der Waals surface area contributed by atoms with Gasteiger partial charge in [-0.3, -0.25) is 0 Å². The molecule has 8 N–H and O–H groups in total. The van der Waals surface area contributed by atoms with Crippen LogP contribution >= 0.6 is 0 Å². The van der Waals surface area contributed by atoms with E-state index in [0.717, 1.165) is 0 Å². The van der Waals surface area contributed by atoms with E-state index in [1.165, 1.54) is 0 Å². The fourth-order valence-electron chi connectivity index (χ4n) is 0. The Morgan fingerprint density at radius 2 is 0.444 bits per heavy atom. The number of rotatable bonds is 0. The zero-order chi connectivity index (χ0) is 8.00. The molecule has 62 valence electrons. The Labute approximate surface area is 66.1 Å². The van der Waals surface area contributed by atoms with Crippen molar-refractivity contribution in [3.63, 3.8) is 0 Å². The van der Waals surface area contributed by atoms with Gasteiger partial charge in [0, 0.05) is 0 Å². The molecule has 0 saturated carbocycles. The normalized spacial score (nSPS) is 2.67. The van der Waals surface area contributed by atoms with E-state index in [9.17, 15) is 0 Å². The van der Waals surface area contributed by atoms with Crippen molar-refractivity contribution in [2.75, 3.05) is 0 Å². The van der Waals surface area contributed by atoms with Crippen LogP contribution in [-0.4, -0.2) is 0 Å². The van der Waals surface area contributed by atoms with Crippen molar-refractivity contribution in [3.05, 3.63) is 20.8 Å².